The van der Waals surface area contributed by atoms with Gasteiger partial charge in [0.05, 0.1) is 5.71 Å². The number of carboxylic acid groups (broad SMARTS) is 1. The van der Waals surface area contributed by atoms with Crippen LogP contribution in [0.5, 0.6) is 0 Å². The highest BCUT2D eigenvalue weighted by Crippen LogP contribution is 2.47. The first kappa shape index (κ1) is 22.9. The number of hydrogen-bond acceptors (Lipinski definition) is 6. The molecule has 6 nitrogen and oxygen atoms in total. The molecule has 0 amide bonds. The zero-order valence-electron chi connectivity index (χ0n) is 17.6. The number of aliphatic carboxylic acids is 1. The van der Waals surface area contributed by atoms with Gasteiger partial charge in [0.2, 0.25) is 0 Å². The predicted octanol–water partition coefficient (Wildman–Crippen LogP) is 3.09. The Balaban J connectivity index is 2.05. The fourth-order valence-corrected chi connectivity index (χ4v) is 4.97. The van der Waals surface area contributed by atoms with Crippen LogP contribution in [0.25, 0.3) is 0 Å². The molecule has 28 heavy (non-hydrogen) atoms. The van der Waals surface area contributed by atoms with Gasteiger partial charge in [0, 0.05) is 38.4 Å². The molecule has 1 saturated heterocycles. The van der Waals surface area contributed by atoms with Crippen molar-refractivity contribution in [2.75, 3.05) is 26.7 Å². The van der Waals surface area contributed by atoms with E-state index in [0.717, 1.165) is 31.6 Å². The number of thiol groups is 1. The van der Waals surface area contributed by atoms with E-state index in [9.17, 15) is 14.7 Å². The summed E-state index contributed by atoms with van der Waals surface area (Å²) in [5, 5.41) is 15.4. The summed E-state index contributed by atoms with van der Waals surface area (Å²) in [4.78, 5) is 25.3. The molecular weight excluding hydrogens is 374 g/mol. The average Bonchev–Trinajstić information content (AvgIpc) is 2.50. The lowest BCUT2D eigenvalue weighted by Crippen LogP contribution is -2.59. The van der Waals surface area contributed by atoms with Crippen LogP contribution in [0.15, 0.2) is 16.8 Å². The monoisotopic (exact) mass is 409 g/mol. The van der Waals surface area contributed by atoms with Crippen molar-refractivity contribution in [2.45, 2.75) is 64.2 Å². The topological polar surface area (TPSA) is 73.2 Å². The number of rotatable bonds is 11. The van der Waals surface area contributed by atoms with Crippen molar-refractivity contribution in [3.63, 3.8) is 0 Å². The highest BCUT2D eigenvalue weighted by Gasteiger charge is 2.46. The Morgan fingerprint density at radius 3 is 2.46 bits per heavy atom. The quantitative estimate of drug-likeness (QED) is 0.180. The summed E-state index contributed by atoms with van der Waals surface area (Å²) in [6, 6.07) is -0.812. The normalized spacial score (nSPS) is 21.8. The molecule has 0 aromatic carbocycles. The molecule has 158 valence electrons. The van der Waals surface area contributed by atoms with Gasteiger partial charge in [0.1, 0.15) is 6.29 Å². The lowest BCUT2D eigenvalue weighted by molar-refractivity contribution is -0.142. The van der Waals surface area contributed by atoms with Gasteiger partial charge < -0.3 is 10.0 Å². The van der Waals surface area contributed by atoms with Crippen molar-refractivity contribution in [1.29, 1.82) is 0 Å². The number of aldehydes is 1. The molecule has 2 aliphatic rings. The van der Waals surface area contributed by atoms with Gasteiger partial charge in [-0.05, 0) is 49.2 Å². The van der Waals surface area contributed by atoms with Crippen molar-refractivity contribution in [3.05, 3.63) is 11.6 Å². The van der Waals surface area contributed by atoms with Gasteiger partial charge in [-0.15, -0.1) is 0 Å². The van der Waals surface area contributed by atoms with Crippen molar-refractivity contribution in [3.8, 4) is 0 Å². The third-order valence-corrected chi connectivity index (χ3v) is 6.31. The summed E-state index contributed by atoms with van der Waals surface area (Å²) in [5.74, 6) is -0.583. The molecular formula is C21H35N3O3S. The van der Waals surface area contributed by atoms with Crippen LogP contribution in [-0.4, -0.2) is 71.0 Å². The van der Waals surface area contributed by atoms with Crippen LogP contribution in [0.1, 0.15) is 52.9 Å². The summed E-state index contributed by atoms with van der Waals surface area (Å²) in [5.41, 5.74) is 1.90. The number of hydrogen-bond donors (Lipinski definition) is 2. The molecule has 1 heterocycles. The first-order valence-electron chi connectivity index (χ1n) is 10.2. The van der Waals surface area contributed by atoms with Gasteiger partial charge in [-0.3, -0.25) is 9.80 Å². The second kappa shape index (κ2) is 9.92. The lowest BCUT2D eigenvalue weighted by atomic mass is 9.63. The predicted molar refractivity (Wildman–Crippen MR) is 116 cm³/mol. The van der Waals surface area contributed by atoms with Crippen LogP contribution in [0, 0.1) is 11.3 Å². The highest BCUT2D eigenvalue weighted by atomic mass is 32.1. The summed E-state index contributed by atoms with van der Waals surface area (Å²) >= 11 is 4.53. The van der Waals surface area contributed by atoms with E-state index in [4.69, 9.17) is 0 Å². The van der Waals surface area contributed by atoms with Gasteiger partial charge in [-0.2, -0.15) is 17.7 Å². The van der Waals surface area contributed by atoms with E-state index >= 15 is 0 Å². The zero-order valence-corrected chi connectivity index (χ0v) is 18.5. The third kappa shape index (κ3) is 6.08. The molecule has 7 heteroatoms. The molecule has 1 spiro atoms. The van der Waals surface area contributed by atoms with Gasteiger partial charge in [0.15, 0.2) is 6.04 Å². The summed E-state index contributed by atoms with van der Waals surface area (Å²) < 4.78 is 0. The molecule has 1 saturated carbocycles. The van der Waals surface area contributed by atoms with Crippen molar-refractivity contribution < 1.29 is 14.7 Å². The number of likely N-dealkylation sites (tertiary alicyclic amines) is 1. The van der Waals surface area contributed by atoms with Gasteiger partial charge in [-0.1, -0.05) is 20.3 Å². The average molecular weight is 410 g/mol. The molecule has 1 aliphatic carbocycles. The van der Waals surface area contributed by atoms with E-state index in [2.05, 4.69) is 36.5 Å². The lowest BCUT2D eigenvalue weighted by Gasteiger charge is -2.56. The summed E-state index contributed by atoms with van der Waals surface area (Å²) in [6.45, 7) is 9.02. The largest absolute Gasteiger partial charge is 0.480 e. The van der Waals surface area contributed by atoms with Crippen molar-refractivity contribution >= 4 is 30.6 Å². The molecule has 2 unspecified atom stereocenters. The number of carboxylic acids is 1. The second-order valence-electron chi connectivity index (χ2n) is 8.97. The molecule has 2 rings (SSSR count). The number of nitrogens with zero attached hydrogens (tertiary/aromatic N) is 3. The SMILES string of the molecule is C/C(C=O)=C/C(CCN1CC2(CCC2)C1)=N\N(C)C(C(=O)O)C(S)CC(C)C. The number of allylic oxidation sites excluding steroid dienone is 2. The Morgan fingerprint density at radius 2 is 2.00 bits per heavy atom. The maximum absolute atomic E-state index is 11.8. The maximum Gasteiger partial charge on any atom is 0.329 e. The van der Waals surface area contributed by atoms with Crippen molar-refractivity contribution in [2.24, 2.45) is 16.4 Å². The Labute approximate surface area is 174 Å². The Bertz CT molecular complexity index is 620. The smallest absolute Gasteiger partial charge is 0.329 e. The molecule has 2 fully saturated rings. The van der Waals surface area contributed by atoms with E-state index in [1.165, 1.54) is 24.3 Å². The van der Waals surface area contributed by atoms with Crippen LogP contribution >= 0.6 is 12.6 Å². The number of carbonyl (C=O) groups is 2. The highest BCUT2D eigenvalue weighted by molar-refractivity contribution is 7.81. The minimum Gasteiger partial charge on any atom is -0.480 e. The zero-order chi connectivity index (χ0) is 20.9. The summed E-state index contributed by atoms with van der Waals surface area (Å²) in [6.07, 6.45) is 7.99. The summed E-state index contributed by atoms with van der Waals surface area (Å²) in [7, 11) is 1.68. The number of likely N-dealkylation sites (N-methyl/N-ethyl adjacent to an activating group) is 1. The van der Waals surface area contributed by atoms with E-state index in [1.54, 1.807) is 20.0 Å². The van der Waals surface area contributed by atoms with Gasteiger partial charge in [-0.25, -0.2) is 4.79 Å². The van der Waals surface area contributed by atoms with Crippen LogP contribution in [0.3, 0.4) is 0 Å². The molecule has 0 bridgehead atoms. The maximum atomic E-state index is 11.8. The molecule has 1 N–H and O–H groups in total. The second-order valence-corrected chi connectivity index (χ2v) is 9.63. The van der Waals surface area contributed by atoms with Gasteiger partial charge >= 0.3 is 5.97 Å². The Kier molecular flexibility index (Phi) is 8.13. The van der Waals surface area contributed by atoms with Crippen LogP contribution in [-0.2, 0) is 9.59 Å². The molecule has 0 radical (unpaired) electrons. The molecule has 2 atom stereocenters. The van der Waals surface area contributed by atoms with Crippen LogP contribution in [0.2, 0.25) is 0 Å². The van der Waals surface area contributed by atoms with E-state index in [1.807, 2.05) is 0 Å². The third-order valence-electron chi connectivity index (χ3n) is 5.82. The fraction of sp³-hybridized carbons (Fsp3) is 0.762. The first-order valence-corrected chi connectivity index (χ1v) is 10.7. The minimum atomic E-state index is -0.933. The van der Waals surface area contributed by atoms with Crippen LogP contribution < -0.4 is 0 Å². The van der Waals surface area contributed by atoms with Gasteiger partial charge in [0.25, 0.3) is 0 Å². The Morgan fingerprint density at radius 1 is 1.36 bits per heavy atom. The van der Waals surface area contributed by atoms with E-state index in [0.29, 0.717) is 29.7 Å². The number of carbonyl (C=O) groups excluding carboxylic acids is 1. The fourth-order valence-electron chi connectivity index (χ4n) is 4.22. The van der Waals surface area contributed by atoms with Crippen molar-refractivity contribution in [1.82, 2.24) is 9.91 Å². The minimum absolute atomic E-state index is 0.322. The van der Waals surface area contributed by atoms with Crippen LogP contribution in [0.4, 0.5) is 0 Å². The molecule has 0 aromatic rings. The first-order chi connectivity index (χ1) is 13.2. The molecule has 0 aromatic heterocycles. The molecule has 1 aliphatic heterocycles. The standard InChI is InChI=1S/C21H35N3O3S/c1-15(2)10-18(28)19(20(26)27)23(4)22-17(11-16(3)12-25)6-9-24-13-21(14-24)7-5-8-21/h11-12,15,18-19,28H,5-10,13-14H2,1-4H3,(H,26,27)/b16-11-,22-17-. The van der Waals surface area contributed by atoms with E-state index in [-0.39, 0.29) is 5.25 Å². The Hall–Kier alpha value is -1.34. The van der Waals surface area contributed by atoms with E-state index < -0.39 is 12.0 Å². The number of hydrazone groups is 1.